The van der Waals surface area contributed by atoms with E-state index in [-0.39, 0.29) is 91.6 Å². The molecule has 2 N–H and O–H groups in total. The first-order chi connectivity index (χ1) is 7.91. The number of aliphatic hydroxyl groups excluding tert-OH is 2. The smallest absolute Gasteiger partial charge is 0.748 e. The second-order valence-electron chi connectivity index (χ2n) is 3.06. The number of halogens is 2. The predicted octanol–water partition coefficient (Wildman–Crippen LogP) is -7.42. The topological polar surface area (TPSA) is 155 Å². The molecule has 2 atom stereocenters. The maximum atomic E-state index is 9.86. The van der Waals surface area contributed by atoms with E-state index in [0.29, 0.717) is 0 Å². The van der Waals surface area contributed by atoms with E-state index in [1.807, 2.05) is 0 Å². The summed E-state index contributed by atoms with van der Waals surface area (Å²) in [5.41, 5.74) is 0. The van der Waals surface area contributed by atoms with Gasteiger partial charge in [-0.15, -0.1) is 0 Å². The molecule has 2 unspecified atom stereocenters. The number of alkyl halides is 2. The monoisotopic (exact) mass is 496 g/mol. The van der Waals surface area contributed by atoms with Crippen LogP contribution in [0, 0.1) is 0 Å². The first-order valence-electron chi connectivity index (χ1n) is 4.26. The summed E-state index contributed by atoms with van der Waals surface area (Å²) >= 11 is 5.63. The van der Waals surface area contributed by atoms with Gasteiger partial charge < -0.3 is 19.3 Å². The Labute approximate surface area is 199 Å². The molecule has 0 aliphatic heterocycles. The van der Waals surface area contributed by atoms with Crippen LogP contribution in [0.4, 0.5) is 0 Å². The molecule has 112 valence electrons. The van der Waals surface area contributed by atoms with Gasteiger partial charge in [0.05, 0.1) is 43.9 Å². The van der Waals surface area contributed by atoms with Gasteiger partial charge in [0, 0.05) is 10.7 Å². The standard InChI is InChI=1S/2C3H7BrO4S.K.Na/c2*4-1-3(5)2-9(6,7)8;;/h2*3,5H,1-2H2,(H,6,7,8);;/q;;2*+1/p-2. The molecule has 0 heterocycles. The van der Waals surface area contributed by atoms with Gasteiger partial charge in [0.2, 0.25) is 0 Å². The van der Waals surface area contributed by atoms with Gasteiger partial charge in [-0.2, -0.15) is 0 Å². The van der Waals surface area contributed by atoms with Gasteiger partial charge in [-0.05, 0) is 0 Å². The van der Waals surface area contributed by atoms with Crippen molar-refractivity contribution in [2.24, 2.45) is 0 Å². The summed E-state index contributed by atoms with van der Waals surface area (Å²) in [6.45, 7) is 0. The largest absolute Gasteiger partial charge is 1.00 e. The van der Waals surface area contributed by atoms with Gasteiger partial charge in [0.1, 0.15) is 0 Å². The zero-order valence-electron chi connectivity index (χ0n) is 10.9. The summed E-state index contributed by atoms with van der Waals surface area (Å²) in [5.74, 6) is -1.45. The maximum Gasteiger partial charge on any atom is 1.00 e. The molecule has 0 bridgehead atoms. The fourth-order valence-electron chi connectivity index (χ4n) is 0.560. The molecule has 0 rings (SSSR count). The van der Waals surface area contributed by atoms with Crippen molar-refractivity contribution in [1.29, 1.82) is 0 Å². The third-order valence-corrected chi connectivity index (χ3v) is 4.23. The van der Waals surface area contributed by atoms with Crippen LogP contribution in [0.25, 0.3) is 0 Å². The second kappa shape index (κ2) is 15.8. The zero-order chi connectivity index (χ0) is 15.0. The molecule has 0 aromatic heterocycles. The van der Waals surface area contributed by atoms with Crippen LogP contribution in [0.3, 0.4) is 0 Å². The van der Waals surface area contributed by atoms with Crippen molar-refractivity contribution in [1.82, 2.24) is 0 Å². The molecule has 0 spiro atoms. The Morgan fingerprint density at radius 2 is 1.05 bits per heavy atom. The number of hydrogen-bond donors (Lipinski definition) is 2. The van der Waals surface area contributed by atoms with E-state index in [2.05, 4.69) is 31.9 Å². The van der Waals surface area contributed by atoms with E-state index in [0.717, 1.165) is 0 Å². The Morgan fingerprint density at radius 3 is 1.10 bits per heavy atom. The summed E-state index contributed by atoms with van der Waals surface area (Å²) in [6.07, 6.45) is -2.18. The summed E-state index contributed by atoms with van der Waals surface area (Å²) in [4.78, 5) is 0. The van der Waals surface area contributed by atoms with Crippen molar-refractivity contribution < 1.29 is 117 Å². The minimum atomic E-state index is -4.27. The van der Waals surface area contributed by atoms with Crippen molar-refractivity contribution in [2.75, 3.05) is 22.2 Å². The fraction of sp³-hybridized carbons (Fsp3) is 1.00. The van der Waals surface area contributed by atoms with Gasteiger partial charge >= 0.3 is 80.9 Å². The fourth-order valence-corrected chi connectivity index (χ4v) is 2.80. The van der Waals surface area contributed by atoms with Gasteiger partial charge in [-0.25, -0.2) is 16.8 Å². The molecular formula is C6H12Br2KNaO8S2. The molecule has 0 aliphatic rings. The molecule has 20 heavy (non-hydrogen) atoms. The predicted molar refractivity (Wildman–Crippen MR) is 68.7 cm³/mol. The van der Waals surface area contributed by atoms with Gasteiger partial charge in [-0.1, -0.05) is 31.9 Å². The van der Waals surface area contributed by atoms with E-state index in [1.165, 1.54) is 0 Å². The number of rotatable bonds is 6. The molecule has 0 saturated heterocycles. The van der Waals surface area contributed by atoms with Crippen LogP contribution < -0.4 is 80.9 Å². The number of hydrogen-bond acceptors (Lipinski definition) is 8. The Balaban J connectivity index is -0.000000116. The minimum absolute atomic E-state index is 0. The maximum absolute atomic E-state index is 9.86. The molecule has 0 aromatic carbocycles. The third kappa shape index (κ3) is 29.4. The normalized spacial score (nSPS) is 13.9. The Hall–Kier alpha value is 3.34. The van der Waals surface area contributed by atoms with Crippen LogP contribution in [0.15, 0.2) is 0 Å². The van der Waals surface area contributed by atoms with Crippen molar-refractivity contribution in [3.63, 3.8) is 0 Å². The quantitative estimate of drug-likeness (QED) is 0.208. The van der Waals surface area contributed by atoms with Crippen LogP contribution in [-0.2, 0) is 20.2 Å². The Bertz CT molecular complexity index is 377. The van der Waals surface area contributed by atoms with Gasteiger partial charge in [0.25, 0.3) is 0 Å². The van der Waals surface area contributed by atoms with Gasteiger partial charge in [0.15, 0.2) is 0 Å². The van der Waals surface area contributed by atoms with E-state index in [4.69, 9.17) is 10.2 Å². The molecule has 0 fully saturated rings. The summed E-state index contributed by atoms with van der Waals surface area (Å²) in [5, 5.41) is 17.3. The molecule has 0 radical (unpaired) electrons. The molecule has 0 aliphatic carbocycles. The number of aliphatic hydroxyl groups is 2. The van der Waals surface area contributed by atoms with Crippen molar-refractivity contribution in [3.05, 3.63) is 0 Å². The third-order valence-electron chi connectivity index (χ3n) is 1.15. The van der Waals surface area contributed by atoms with E-state index in [9.17, 15) is 25.9 Å². The van der Waals surface area contributed by atoms with Crippen LogP contribution >= 0.6 is 31.9 Å². The Morgan fingerprint density at radius 1 is 0.850 bits per heavy atom. The molecule has 0 amide bonds. The van der Waals surface area contributed by atoms with Crippen LogP contribution in [0.1, 0.15) is 0 Å². The molecule has 0 saturated carbocycles. The van der Waals surface area contributed by atoms with Gasteiger partial charge in [-0.3, -0.25) is 0 Å². The minimum Gasteiger partial charge on any atom is -0.748 e. The zero-order valence-corrected chi connectivity index (χ0v) is 20.8. The molecule has 0 aromatic rings. The van der Waals surface area contributed by atoms with Crippen molar-refractivity contribution >= 4 is 52.1 Å². The van der Waals surface area contributed by atoms with E-state index >= 15 is 0 Å². The summed E-state index contributed by atoms with van der Waals surface area (Å²) in [6, 6.07) is 0. The van der Waals surface area contributed by atoms with Crippen LogP contribution in [0.2, 0.25) is 0 Å². The second-order valence-corrected chi connectivity index (χ2v) is 7.26. The summed E-state index contributed by atoms with van der Waals surface area (Å²) < 4.78 is 59.2. The molecule has 8 nitrogen and oxygen atoms in total. The first kappa shape index (κ1) is 31.1. The van der Waals surface area contributed by atoms with Crippen molar-refractivity contribution in [2.45, 2.75) is 12.2 Å². The first-order valence-corrected chi connectivity index (χ1v) is 9.66. The van der Waals surface area contributed by atoms with Crippen LogP contribution in [-0.4, -0.2) is 70.5 Å². The Kier molecular flexibility index (Phi) is 24.7. The van der Waals surface area contributed by atoms with Crippen LogP contribution in [0.5, 0.6) is 0 Å². The summed E-state index contributed by atoms with van der Waals surface area (Å²) in [7, 11) is -8.53. The average Bonchev–Trinajstić information content (AvgIpc) is 2.13. The SMILES string of the molecule is O=S(=O)([O-])CC(O)CBr.O=S(=O)([O-])CC(O)CBr.[K+].[Na+]. The average molecular weight is 498 g/mol. The molecular weight excluding hydrogens is 486 g/mol. The van der Waals surface area contributed by atoms with Crippen molar-refractivity contribution in [3.8, 4) is 0 Å². The van der Waals surface area contributed by atoms with E-state index in [1.54, 1.807) is 0 Å². The van der Waals surface area contributed by atoms with E-state index < -0.39 is 43.9 Å². The molecule has 14 heteroatoms.